The molecule has 0 aliphatic rings. The Hall–Kier alpha value is -3.28. The first kappa shape index (κ1) is 14.6. The van der Waals surface area contributed by atoms with E-state index in [0.717, 1.165) is 5.56 Å². The molecule has 0 amide bonds. The molecule has 0 aliphatic heterocycles. The van der Waals surface area contributed by atoms with Gasteiger partial charge in [0.15, 0.2) is 0 Å². The van der Waals surface area contributed by atoms with E-state index in [9.17, 15) is 9.59 Å². The number of hydrogen-bond acceptors (Lipinski definition) is 6. The molecule has 116 valence electrons. The average molecular weight is 312 g/mol. The zero-order valence-corrected chi connectivity index (χ0v) is 12.1. The molecule has 6 nitrogen and oxygen atoms in total. The van der Waals surface area contributed by atoms with Crippen molar-refractivity contribution in [2.45, 2.75) is 6.92 Å². The number of furan rings is 2. The van der Waals surface area contributed by atoms with Crippen LogP contribution in [0.5, 0.6) is 11.5 Å². The molecular formula is C17H12O6. The Morgan fingerprint density at radius 1 is 0.826 bits per heavy atom. The smallest absolute Gasteiger partial charge is 0.379 e. The Labute approximate surface area is 131 Å². The first-order chi connectivity index (χ1) is 11.1. The lowest BCUT2D eigenvalue weighted by molar-refractivity contribution is 0.0698. The molecule has 0 spiro atoms. The molecule has 23 heavy (non-hydrogen) atoms. The molecule has 0 radical (unpaired) electrons. The van der Waals surface area contributed by atoms with Crippen LogP contribution in [-0.2, 0) is 0 Å². The fourth-order valence-electron chi connectivity index (χ4n) is 1.94. The van der Waals surface area contributed by atoms with Crippen molar-refractivity contribution in [2.24, 2.45) is 0 Å². The maximum Gasteiger partial charge on any atom is 0.379 e. The maximum atomic E-state index is 11.9. The molecular weight excluding hydrogens is 300 g/mol. The molecule has 0 saturated heterocycles. The van der Waals surface area contributed by atoms with E-state index in [1.54, 1.807) is 31.2 Å². The molecule has 2 heterocycles. The summed E-state index contributed by atoms with van der Waals surface area (Å²) in [5.74, 6) is -0.614. The first-order valence-electron chi connectivity index (χ1n) is 6.75. The van der Waals surface area contributed by atoms with Gasteiger partial charge in [0.05, 0.1) is 12.5 Å². The van der Waals surface area contributed by atoms with Gasteiger partial charge in [-0.05, 0) is 48.9 Å². The summed E-state index contributed by atoms with van der Waals surface area (Å²) < 4.78 is 20.3. The summed E-state index contributed by atoms with van der Waals surface area (Å²) in [5, 5.41) is 0. The Balaban J connectivity index is 1.76. The third kappa shape index (κ3) is 3.49. The van der Waals surface area contributed by atoms with Crippen LogP contribution in [0, 0.1) is 6.92 Å². The van der Waals surface area contributed by atoms with Gasteiger partial charge in [-0.15, -0.1) is 0 Å². The molecule has 0 N–H and O–H groups in total. The Morgan fingerprint density at radius 3 is 1.70 bits per heavy atom. The van der Waals surface area contributed by atoms with E-state index in [1.165, 1.54) is 30.7 Å². The van der Waals surface area contributed by atoms with Crippen LogP contribution in [0.1, 0.15) is 26.7 Å². The van der Waals surface area contributed by atoms with Crippen molar-refractivity contribution in [3.05, 3.63) is 72.1 Å². The van der Waals surface area contributed by atoms with Gasteiger partial charge in [-0.2, -0.15) is 0 Å². The SMILES string of the molecule is Cc1cc(OC(=O)c2ccco2)cc(OC(=O)c2ccco2)c1. The van der Waals surface area contributed by atoms with E-state index in [1.807, 2.05) is 0 Å². The summed E-state index contributed by atoms with van der Waals surface area (Å²) >= 11 is 0. The minimum atomic E-state index is -0.635. The molecule has 0 aliphatic carbocycles. The number of ether oxygens (including phenoxy) is 2. The Kier molecular flexibility index (Phi) is 3.97. The highest BCUT2D eigenvalue weighted by molar-refractivity contribution is 5.89. The molecule has 0 saturated carbocycles. The topological polar surface area (TPSA) is 78.9 Å². The third-order valence-corrected chi connectivity index (χ3v) is 2.89. The lowest BCUT2D eigenvalue weighted by Crippen LogP contribution is -2.09. The second kappa shape index (κ2) is 6.23. The number of aryl methyl sites for hydroxylation is 1. The number of carbonyl (C=O) groups excluding carboxylic acids is 2. The molecule has 2 aromatic heterocycles. The highest BCUT2D eigenvalue weighted by Gasteiger charge is 2.15. The van der Waals surface area contributed by atoms with E-state index in [0.29, 0.717) is 0 Å². The molecule has 1 aromatic carbocycles. The number of hydrogen-bond donors (Lipinski definition) is 0. The summed E-state index contributed by atoms with van der Waals surface area (Å²) in [4.78, 5) is 23.7. The average Bonchev–Trinajstić information content (AvgIpc) is 3.20. The van der Waals surface area contributed by atoms with Crippen LogP contribution in [-0.4, -0.2) is 11.9 Å². The van der Waals surface area contributed by atoms with Gasteiger partial charge in [0.2, 0.25) is 11.5 Å². The van der Waals surface area contributed by atoms with Crippen LogP contribution >= 0.6 is 0 Å². The van der Waals surface area contributed by atoms with Gasteiger partial charge in [0.25, 0.3) is 0 Å². The molecule has 3 rings (SSSR count). The number of carbonyl (C=O) groups is 2. The quantitative estimate of drug-likeness (QED) is 0.541. The van der Waals surface area contributed by atoms with Gasteiger partial charge in [0, 0.05) is 6.07 Å². The van der Waals surface area contributed by atoms with Crippen molar-refractivity contribution in [3.63, 3.8) is 0 Å². The van der Waals surface area contributed by atoms with Crippen LogP contribution in [0.25, 0.3) is 0 Å². The second-order valence-electron chi connectivity index (χ2n) is 4.72. The van der Waals surface area contributed by atoms with Gasteiger partial charge in [-0.25, -0.2) is 9.59 Å². The normalized spacial score (nSPS) is 10.3. The van der Waals surface area contributed by atoms with Crippen LogP contribution in [0.2, 0.25) is 0 Å². The predicted octanol–water partition coefficient (Wildman–Crippen LogP) is 3.62. The minimum absolute atomic E-state index is 0.0839. The van der Waals surface area contributed by atoms with Crippen molar-refractivity contribution in [2.75, 3.05) is 0 Å². The predicted molar refractivity (Wildman–Crippen MR) is 78.5 cm³/mol. The van der Waals surface area contributed by atoms with Crippen molar-refractivity contribution < 1.29 is 27.9 Å². The Bertz CT molecular complexity index is 748. The molecule has 0 fully saturated rings. The van der Waals surface area contributed by atoms with E-state index in [-0.39, 0.29) is 23.0 Å². The lowest BCUT2D eigenvalue weighted by Gasteiger charge is -2.07. The van der Waals surface area contributed by atoms with Gasteiger partial charge < -0.3 is 18.3 Å². The Morgan fingerprint density at radius 2 is 1.30 bits per heavy atom. The van der Waals surface area contributed by atoms with E-state index in [2.05, 4.69) is 0 Å². The van der Waals surface area contributed by atoms with Gasteiger partial charge >= 0.3 is 11.9 Å². The molecule has 0 atom stereocenters. The zero-order chi connectivity index (χ0) is 16.2. The summed E-state index contributed by atoms with van der Waals surface area (Å²) in [6, 6.07) is 10.9. The van der Waals surface area contributed by atoms with E-state index in [4.69, 9.17) is 18.3 Å². The number of esters is 2. The molecule has 0 bridgehead atoms. The van der Waals surface area contributed by atoms with Crippen molar-refractivity contribution in [1.82, 2.24) is 0 Å². The van der Waals surface area contributed by atoms with Crippen molar-refractivity contribution in [3.8, 4) is 11.5 Å². The van der Waals surface area contributed by atoms with Gasteiger partial charge in [-0.1, -0.05) is 0 Å². The van der Waals surface area contributed by atoms with Crippen LogP contribution < -0.4 is 9.47 Å². The van der Waals surface area contributed by atoms with E-state index < -0.39 is 11.9 Å². The standard InChI is InChI=1S/C17H12O6/c1-11-8-12(22-16(18)14-4-2-6-20-14)10-13(9-11)23-17(19)15-5-3-7-21-15/h2-10H,1H3. The highest BCUT2D eigenvalue weighted by atomic mass is 16.6. The summed E-state index contributed by atoms with van der Waals surface area (Å²) in [6.45, 7) is 1.79. The zero-order valence-electron chi connectivity index (χ0n) is 12.1. The monoisotopic (exact) mass is 312 g/mol. The summed E-state index contributed by atoms with van der Waals surface area (Å²) in [5.41, 5.74) is 0.761. The third-order valence-electron chi connectivity index (χ3n) is 2.89. The fraction of sp³-hybridized carbons (Fsp3) is 0.0588. The first-order valence-corrected chi connectivity index (χ1v) is 6.75. The van der Waals surface area contributed by atoms with Crippen LogP contribution in [0.15, 0.2) is 63.8 Å². The van der Waals surface area contributed by atoms with E-state index >= 15 is 0 Å². The molecule has 0 unspecified atom stereocenters. The maximum absolute atomic E-state index is 11.9. The van der Waals surface area contributed by atoms with Crippen LogP contribution in [0.3, 0.4) is 0 Å². The van der Waals surface area contributed by atoms with Gasteiger partial charge in [-0.3, -0.25) is 0 Å². The highest BCUT2D eigenvalue weighted by Crippen LogP contribution is 2.24. The fourth-order valence-corrected chi connectivity index (χ4v) is 1.94. The van der Waals surface area contributed by atoms with Crippen molar-refractivity contribution in [1.29, 1.82) is 0 Å². The number of benzene rings is 1. The lowest BCUT2D eigenvalue weighted by atomic mass is 10.2. The van der Waals surface area contributed by atoms with Crippen molar-refractivity contribution >= 4 is 11.9 Å². The van der Waals surface area contributed by atoms with Gasteiger partial charge in [0.1, 0.15) is 11.5 Å². The minimum Gasteiger partial charge on any atom is -0.457 e. The number of rotatable bonds is 4. The van der Waals surface area contributed by atoms with Crippen LogP contribution in [0.4, 0.5) is 0 Å². The largest absolute Gasteiger partial charge is 0.457 e. The summed E-state index contributed by atoms with van der Waals surface area (Å²) in [7, 11) is 0. The second-order valence-corrected chi connectivity index (χ2v) is 4.72. The summed E-state index contributed by atoms with van der Waals surface area (Å²) in [6.07, 6.45) is 2.76. The molecule has 3 aromatic rings. The molecule has 6 heteroatoms.